The summed E-state index contributed by atoms with van der Waals surface area (Å²) in [5.41, 5.74) is 0.989. The van der Waals surface area contributed by atoms with Crippen molar-refractivity contribution in [3.8, 4) is 0 Å². The van der Waals surface area contributed by atoms with E-state index in [0.717, 1.165) is 30.3 Å². The summed E-state index contributed by atoms with van der Waals surface area (Å²) in [5.74, 6) is 2.20. The maximum Gasteiger partial charge on any atom is 0.224 e. The van der Waals surface area contributed by atoms with Crippen LogP contribution in [0.5, 0.6) is 0 Å². The molecule has 2 rings (SSSR count). The topological polar surface area (TPSA) is 67.7 Å². The molecule has 18 heavy (non-hydrogen) atoms. The molecule has 2 N–H and O–H groups in total. The SMILES string of the molecule is CCNc1ncc(C)c(Nc2ccn(CC)n2)n1. The van der Waals surface area contributed by atoms with E-state index in [-0.39, 0.29) is 0 Å². The summed E-state index contributed by atoms with van der Waals surface area (Å²) in [4.78, 5) is 8.61. The fourth-order valence-corrected chi connectivity index (χ4v) is 1.54. The number of nitrogens with one attached hydrogen (secondary N) is 2. The molecule has 0 aliphatic rings. The predicted molar refractivity (Wildman–Crippen MR) is 72.1 cm³/mol. The Morgan fingerprint density at radius 2 is 2.17 bits per heavy atom. The summed E-state index contributed by atoms with van der Waals surface area (Å²) in [5, 5.41) is 10.7. The molecule has 0 aromatic carbocycles. The van der Waals surface area contributed by atoms with Gasteiger partial charge in [-0.15, -0.1) is 0 Å². The summed E-state index contributed by atoms with van der Waals surface area (Å²) < 4.78 is 1.87. The molecule has 0 saturated carbocycles. The van der Waals surface area contributed by atoms with E-state index in [1.807, 2.05) is 30.8 Å². The number of nitrogens with zero attached hydrogens (tertiary/aromatic N) is 4. The third kappa shape index (κ3) is 2.77. The Balaban J connectivity index is 2.19. The molecule has 0 fully saturated rings. The van der Waals surface area contributed by atoms with E-state index in [1.165, 1.54) is 0 Å². The number of hydrogen-bond donors (Lipinski definition) is 2. The van der Waals surface area contributed by atoms with E-state index in [0.29, 0.717) is 5.95 Å². The molecule has 0 saturated heterocycles. The van der Waals surface area contributed by atoms with Crippen molar-refractivity contribution in [2.24, 2.45) is 0 Å². The zero-order chi connectivity index (χ0) is 13.0. The summed E-state index contributed by atoms with van der Waals surface area (Å²) in [6, 6.07) is 1.93. The zero-order valence-electron chi connectivity index (χ0n) is 10.9. The van der Waals surface area contributed by atoms with Gasteiger partial charge in [-0.1, -0.05) is 0 Å². The van der Waals surface area contributed by atoms with Gasteiger partial charge >= 0.3 is 0 Å². The maximum atomic E-state index is 4.41. The maximum absolute atomic E-state index is 4.41. The lowest BCUT2D eigenvalue weighted by Gasteiger charge is -2.08. The molecule has 0 radical (unpaired) electrons. The number of aromatic nitrogens is 4. The fourth-order valence-electron chi connectivity index (χ4n) is 1.54. The molecular weight excluding hydrogens is 228 g/mol. The van der Waals surface area contributed by atoms with E-state index in [2.05, 4.69) is 32.6 Å². The molecule has 96 valence electrons. The Hall–Kier alpha value is -2.11. The normalized spacial score (nSPS) is 10.4. The molecule has 0 aliphatic carbocycles. The number of hydrogen-bond acceptors (Lipinski definition) is 5. The molecule has 0 aliphatic heterocycles. The molecule has 0 spiro atoms. The van der Waals surface area contributed by atoms with Crippen LogP contribution in [0, 0.1) is 6.92 Å². The van der Waals surface area contributed by atoms with Crippen LogP contribution in [0.4, 0.5) is 17.6 Å². The third-order valence-electron chi connectivity index (χ3n) is 2.52. The molecule has 0 unspecified atom stereocenters. The number of anilines is 3. The molecule has 0 bridgehead atoms. The molecule has 2 aromatic rings. The molecule has 2 heterocycles. The van der Waals surface area contributed by atoms with Crippen molar-refractivity contribution in [1.82, 2.24) is 19.7 Å². The fraction of sp³-hybridized carbons (Fsp3) is 0.417. The minimum atomic E-state index is 0.625. The zero-order valence-corrected chi connectivity index (χ0v) is 10.9. The van der Waals surface area contributed by atoms with Crippen LogP contribution in [-0.4, -0.2) is 26.3 Å². The first kappa shape index (κ1) is 12.3. The van der Waals surface area contributed by atoms with Crippen LogP contribution in [0.1, 0.15) is 19.4 Å². The highest BCUT2D eigenvalue weighted by molar-refractivity contribution is 5.56. The lowest BCUT2D eigenvalue weighted by Crippen LogP contribution is -2.06. The summed E-state index contributed by atoms with van der Waals surface area (Å²) in [6.07, 6.45) is 3.73. The highest BCUT2D eigenvalue weighted by atomic mass is 15.3. The van der Waals surface area contributed by atoms with Crippen molar-refractivity contribution in [3.63, 3.8) is 0 Å². The monoisotopic (exact) mass is 246 g/mol. The Labute approximate surface area is 106 Å². The first-order valence-corrected chi connectivity index (χ1v) is 6.11. The van der Waals surface area contributed by atoms with Crippen molar-refractivity contribution in [2.75, 3.05) is 17.2 Å². The Bertz CT molecular complexity index is 519. The van der Waals surface area contributed by atoms with Gasteiger partial charge in [-0.25, -0.2) is 4.98 Å². The lowest BCUT2D eigenvalue weighted by atomic mass is 10.3. The quantitative estimate of drug-likeness (QED) is 0.846. The van der Waals surface area contributed by atoms with Crippen LogP contribution >= 0.6 is 0 Å². The van der Waals surface area contributed by atoms with Crippen molar-refractivity contribution >= 4 is 17.6 Å². The van der Waals surface area contributed by atoms with Gasteiger partial charge in [-0.05, 0) is 20.8 Å². The molecule has 6 nitrogen and oxygen atoms in total. The highest BCUT2D eigenvalue weighted by Crippen LogP contribution is 2.17. The van der Waals surface area contributed by atoms with Crippen LogP contribution in [0.25, 0.3) is 0 Å². The predicted octanol–water partition coefficient (Wildman–Crippen LogP) is 2.18. The van der Waals surface area contributed by atoms with E-state index in [9.17, 15) is 0 Å². The van der Waals surface area contributed by atoms with Gasteiger partial charge in [0.05, 0.1) is 0 Å². The second-order valence-corrected chi connectivity index (χ2v) is 3.94. The van der Waals surface area contributed by atoms with Gasteiger partial charge in [0.15, 0.2) is 5.82 Å². The number of rotatable bonds is 5. The van der Waals surface area contributed by atoms with Crippen LogP contribution in [0.3, 0.4) is 0 Å². The van der Waals surface area contributed by atoms with Crippen LogP contribution in [0.15, 0.2) is 18.5 Å². The van der Waals surface area contributed by atoms with Gasteiger partial charge in [0.1, 0.15) is 5.82 Å². The van der Waals surface area contributed by atoms with Crippen molar-refractivity contribution in [3.05, 3.63) is 24.0 Å². The lowest BCUT2D eigenvalue weighted by molar-refractivity contribution is 0.662. The molecular formula is C12H18N6. The first-order valence-electron chi connectivity index (χ1n) is 6.11. The van der Waals surface area contributed by atoms with Gasteiger partial charge in [0.25, 0.3) is 0 Å². The van der Waals surface area contributed by atoms with E-state index in [1.54, 1.807) is 6.20 Å². The van der Waals surface area contributed by atoms with E-state index >= 15 is 0 Å². The van der Waals surface area contributed by atoms with Gasteiger partial charge in [-0.3, -0.25) is 4.68 Å². The summed E-state index contributed by atoms with van der Waals surface area (Å²) in [7, 11) is 0. The minimum absolute atomic E-state index is 0.625. The van der Waals surface area contributed by atoms with Crippen molar-refractivity contribution in [1.29, 1.82) is 0 Å². The van der Waals surface area contributed by atoms with Crippen LogP contribution in [-0.2, 0) is 6.54 Å². The largest absolute Gasteiger partial charge is 0.354 e. The van der Waals surface area contributed by atoms with Gasteiger partial charge in [-0.2, -0.15) is 10.1 Å². The standard InChI is InChI=1S/C12H18N6/c1-4-13-12-14-8-9(3)11(16-12)15-10-6-7-18(5-2)17-10/h6-8H,4-5H2,1-3H3,(H2,13,14,15,16,17). The third-order valence-corrected chi connectivity index (χ3v) is 2.52. The van der Waals surface area contributed by atoms with Gasteiger partial charge < -0.3 is 10.6 Å². The Morgan fingerprint density at radius 1 is 1.33 bits per heavy atom. The van der Waals surface area contributed by atoms with Gasteiger partial charge in [0, 0.05) is 37.1 Å². The Morgan fingerprint density at radius 3 is 2.83 bits per heavy atom. The molecule has 6 heteroatoms. The second kappa shape index (κ2) is 5.48. The second-order valence-electron chi connectivity index (χ2n) is 3.94. The summed E-state index contributed by atoms with van der Waals surface area (Å²) in [6.45, 7) is 7.68. The highest BCUT2D eigenvalue weighted by Gasteiger charge is 2.05. The van der Waals surface area contributed by atoms with E-state index in [4.69, 9.17) is 0 Å². The average molecular weight is 246 g/mol. The molecule has 2 aromatic heterocycles. The smallest absolute Gasteiger partial charge is 0.224 e. The Kier molecular flexibility index (Phi) is 3.76. The average Bonchev–Trinajstić information content (AvgIpc) is 2.81. The van der Waals surface area contributed by atoms with Crippen molar-refractivity contribution in [2.45, 2.75) is 27.3 Å². The molecule has 0 amide bonds. The molecule has 0 atom stereocenters. The summed E-state index contributed by atoms with van der Waals surface area (Å²) >= 11 is 0. The van der Waals surface area contributed by atoms with Crippen LogP contribution in [0.2, 0.25) is 0 Å². The number of aryl methyl sites for hydroxylation is 2. The minimum Gasteiger partial charge on any atom is -0.354 e. The van der Waals surface area contributed by atoms with E-state index < -0.39 is 0 Å². The van der Waals surface area contributed by atoms with Gasteiger partial charge in [0.2, 0.25) is 5.95 Å². The van der Waals surface area contributed by atoms with Crippen LogP contribution < -0.4 is 10.6 Å². The van der Waals surface area contributed by atoms with Crippen molar-refractivity contribution < 1.29 is 0 Å². The first-order chi connectivity index (χ1) is 8.72.